The van der Waals surface area contributed by atoms with E-state index in [0.29, 0.717) is 23.2 Å². The Bertz CT molecular complexity index is 465. The molecule has 0 bridgehead atoms. The van der Waals surface area contributed by atoms with E-state index in [1.807, 2.05) is 30.3 Å². The summed E-state index contributed by atoms with van der Waals surface area (Å²) < 4.78 is 0. The zero-order chi connectivity index (χ0) is 15.0. The minimum atomic E-state index is -0.470. The molecule has 110 valence electrons. The zero-order valence-electron chi connectivity index (χ0n) is 12.9. The normalized spacial score (nSPS) is 21.2. The van der Waals surface area contributed by atoms with Gasteiger partial charge in [-0.15, -0.1) is 0 Å². The van der Waals surface area contributed by atoms with Gasteiger partial charge in [-0.1, -0.05) is 58.0 Å². The summed E-state index contributed by atoms with van der Waals surface area (Å²) in [5.74, 6) is 0.482. The van der Waals surface area contributed by atoms with Crippen molar-refractivity contribution in [1.29, 1.82) is 0 Å². The van der Waals surface area contributed by atoms with Gasteiger partial charge >= 0.3 is 0 Å². The summed E-state index contributed by atoms with van der Waals surface area (Å²) in [6, 6.07) is 9.43. The summed E-state index contributed by atoms with van der Waals surface area (Å²) in [6.07, 6.45) is 0.587. The molecule has 0 radical (unpaired) electrons. The second kappa shape index (κ2) is 5.21. The van der Waals surface area contributed by atoms with Gasteiger partial charge in [0.25, 0.3) is 0 Å². The standard InChI is InChI=1S/C17H26N2O/c1-16(2)14(17(16,3)4)11-19-15(20)13(18)10-12-8-6-5-7-9-12/h5-9,13-14H,10-11,18H2,1-4H3,(H,19,20)/t13-/m1/s1. The number of nitrogens with two attached hydrogens (primary N) is 1. The molecule has 1 fully saturated rings. The monoisotopic (exact) mass is 274 g/mol. The molecule has 0 heterocycles. The number of hydrogen-bond donors (Lipinski definition) is 2. The Kier molecular flexibility index (Phi) is 3.92. The molecule has 0 aromatic heterocycles. The van der Waals surface area contributed by atoms with Gasteiger partial charge in [0.15, 0.2) is 0 Å². The number of nitrogens with one attached hydrogen (secondary N) is 1. The Morgan fingerprint density at radius 3 is 2.25 bits per heavy atom. The quantitative estimate of drug-likeness (QED) is 0.866. The Morgan fingerprint density at radius 1 is 1.20 bits per heavy atom. The van der Waals surface area contributed by atoms with E-state index in [1.165, 1.54) is 0 Å². The third-order valence-electron chi connectivity index (χ3n) is 5.44. The topological polar surface area (TPSA) is 55.1 Å². The molecule has 1 amide bonds. The largest absolute Gasteiger partial charge is 0.354 e. The lowest BCUT2D eigenvalue weighted by Gasteiger charge is -2.13. The first-order valence-electron chi connectivity index (χ1n) is 7.34. The first-order valence-corrected chi connectivity index (χ1v) is 7.34. The first kappa shape index (κ1) is 15.0. The second-order valence-electron chi connectivity index (χ2n) is 7.04. The maximum absolute atomic E-state index is 12.1. The maximum atomic E-state index is 12.1. The van der Waals surface area contributed by atoms with Gasteiger partial charge < -0.3 is 11.1 Å². The molecular formula is C17H26N2O. The molecule has 20 heavy (non-hydrogen) atoms. The molecule has 1 saturated carbocycles. The van der Waals surface area contributed by atoms with Crippen molar-refractivity contribution in [2.75, 3.05) is 6.54 Å². The van der Waals surface area contributed by atoms with E-state index in [9.17, 15) is 4.79 Å². The molecule has 0 unspecified atom stereocenters. The fourth-order valence-corrected chi connectivity index (χ4v) is 3.14. The SMILES string of the molecule is CC1(C)C(CNC(=O)[C@H](N)Cc2ccccc2)C1(C)C. The van der Waals surface area contributed by atoms with Crippen LogP contribution in [0.4, 0.5) is 0 Å². The number of carbonyl (C=O) groups excluding carboxylic acids is 1. The molecule has 0 saturated heterocycles. The number of hydrogen-bond acceptors (Lipinski definition) is 2. The predicted octanol–water partition coefficient (Wildman–Crippen LogP) is 2.35. The Morgan fingerprint density at radius 2 is 1.75 bits per heavy atom. The molecule has 1 aromatic rings. The minimum absolute atomic E-state index is 0.0487. The van der Waals surface area contributed by atoms with Crippen LogP contribution < -0.4 is 11.1 Å². The van der Waals surface area contributed by atoms with Crippen LogP contribution in [0.15, 0.2) is 30.3 Å². The van der Waals surface area contributed by atoms with Gasteiger partial charge in [-0.25, -0.2) is 0 Å². The smallest absolute Gasteiger partial charge is 0.237 e. The van der Waals surface area contributed by atoms with Crippen molar-refractivity contribution in [3.63, 3.8) is 0 Å². The van der Waals surface area contributed by atoms with E-state index in [2.05, 4.69) is 33.0 Å². The lowest BCUT2D eigenvalue weighted by atomic mass is 10.0. The van der Waals surface area contributed by atoms with E-state index in [4.69, 9.17) is 5.73 Å². The van der Waals surface area contributed by atoms with Gasteiger partial charge in [0.05, 0.1) is 6.04 Å². The number of carbonyl (C=O) groups is 1. The molecule has 0 spiro atoms. The fraction of sp³-hybridized carbons (Fsp3) is 0.588. The third kappa shape index (κ3) is 2.73. The van der Waals surface area contributed by atoms with Crippen molar-refractivity contribution >= 4 is 5.91 Å². The Balaban J connectivity index is 1.81. The molecular weight excluding hydrogens is 248 g/mol. The van der Waals surface area contributed by atoms with E-state index in [1.54, 1.807) is 0 Å². The van der Waals surface area contributed by atoms with Crippen LogP contribution in [0.5, 0.6) is 0 Å². The summed E-state index contributed by atoms with van der Waals surface area (Å²) in [4.78, 5) is 12.1. The molecule has 3 heteroatoms. The van der Waals surface area contributed by atoms with Gasteiger partial charge in [-0.3, -0.25) is 4.79 Å². The van der Waals surface area contributed by atoms with Gasteiger partial charge in [0.1, 0.15) is 0 Å². The van der Waals surface area contributed by atoms with E-state index in [0.717, 1.165) is 12.1 Å². The lowest BCUT2D eigenvalue weighted by Crippen LogP contribution is -2.43. The molecule has 1 aliphatic carbocycles. The second-order valence-corrected chi connectivity index (χ2v) is 7.04. The highest BCUT2D eigenvalue weighted by atomic mass is 16.2. The highest BCUT2D eigenvalue weighted by molar-refractivity contribution is 5.81. The van der Waals surface area contributed by atoms with Crippen LogP contribution in [0.25, 0.3) is 0 Å². The highest BCUT2D eigenvalue weighted by Crippen LogP contribution is 2.67. The van der Waals surface area contributed by atoms with E-state index < -0.39 is 6.04 Å². The van der Waals surface area contributed by atoms with Gasteiger partial charge in [0, 0.05) is 6.54 Å². The van der Waals surface area contributed by atoms with Gasteiger partial charge in [-0.05, 0) is 28.7 Å². The number of benzene rings is 1. The van der Waals surface area contributed by atoms with Crippen molar-refractivity contribution in [3.05, 3.63) is 35.9 Å². The van der Waals surface area contributed by atoms with Crippen molar-refractivity contribution in [2.45, 2.75) is 40.2 Å². The summed E-state index contributed by atoms with van der Waals surface area (Å²) in [7, 11) is 0. The maximum Gasteiger partial charge on any atom is 0.237 e. The van der Waals surface area contributed by atoms with Crippen molar-refractivity contribution < 1.29 is 4.79 Å². The van der Waals surface area contributed by atoms with Crippen molar-refractivity contribution in [3.8, 4) is 0 Å². The lowest BCUT2D eigenvalue weighted by molar-refractivity contribution is -0.122. The number of rotatable bonds is 5. The van der Waals surface area contributed by atoms with Gasteiger partial charge in [-0.2, -0.15) is 0 Å². The van der Waals surface area contributed by atoms with Crippen LogP contribution in [-0.2, 0) is 11.2 Å². The Labute approximate surface area is 121 Å². The highest BCUT2D eigenvalue weighted by Gasteiger charge is 2.64. The van der Waals surface area contributed by atoms with Crippen LogP contribution in [0.3, 0.4) is 0 Å². The molecule has 1 aliphatic rings. The molecule has 0 aliphatic heterocycles. The molecule has 1 aromatic carbocycles. The molecule has 3 nitrogen and oxygen atoms in total. The summed E-state index contributed by atoms with van der Waals surface area (Å²) in [5, 5.41) is 3.01. The third-order valence-corrected chi connectivity index (χ3v) is 5.44. The molecule has 1 atom stereocenters. The average Bonchev–Trinajstić information content (AvgIpc) is 2.78. The van der Waals surface area contributed by atoms with Crippen molar-refractivity contribution in [2.24, 2.45) is 22.5 Å². The van der Waals surface area contributed by atoms with Crippen LogP contribution in [-0.4, -0.2) is 18.5 Å². The van der Waals surface area contributed by atoms with E-state index >= 15 is 0 Å². The predicted molar refractivity (Wildman–Crippen MR) is 82.2 cm³/mol. The molecule has 3 N–H and O–H groups in total. The fourth-order valence-electron chi connectivity index (χ4n) is 3.14. The van der Waals surface area contributed by atoms with Gasteiger partial charge in [0.2, 0.25) is 5.91 Å². The van der Waals surface area contributed by atoms with Crippen LogP contribution >= 0.6 is 0 Å². The Hall–Kier alpha value is -1.35. The van der Waals surface area contributed by atoms with Crippen LogP contribution in [0.2, 0.25) is 0 Å². The zero-order valence-corrected chi connectivity index (χ0v) is 12.9. The molecule has 2 rings (SSSR count). The summed E-state index contributed by atoms with van der Waals surface area (Å²) >= 11 is 0. The minimum Gasteiger partial charge on any atom is -0.354 e. The van der Waals surface area contributed by atoms with Crippen molar-refractivity contribution in [1.82, 2.24) is 5.32 Å². The summed E-state index contributed by atoms with van der Waals surface area (Å²) in [6.45, 7) is 9.75. The first-order chi connectivity index (χ1) is 9.26. The summed E-state index contributed by atoms with van der Waals surface area (Å²) in [5.41, 5.74) is 7.67. The van der Waals surface area contributed by atoms with E-state index in [-0.39, 0.29) is 5.91 Å². The van der Waals surface area contributed by atoms with Crippen LogP contribution in [0.1, 0.15) is 33.3 Å². The average molecular weight is 274 g/mol. The van der Waals surface area contributed by atoms with Crippen LogP contribution in [0, 0.1) is 16.7 Å². The number of amides is 1.